The van der Waals surface area contributed by atoms with E-state index in [-0.39, 0.29) is 36.8 Å². The third-order valence-corrected chi connectivity index (χ3v) is 5.00. The van der Waals surface area contributed by atoms with Crippen molar-refractivity contribution in [1.29, 1.82) is 0 Å². The molecular formula is C24H26N2O5. The molecule has 0 radical (unpaired) electrons. The maximum absolute atomic E-state index is 12.7. The molecule has 1 aliphatic heterocycles. The Hall–Kier alpha value is -3.61. The van der Waals surface area contributed by atoms with Crippen LogP contribution >= 0.6 is 0 Å². The molecule has 0 aliphatic carbocycles. The highest BCUT2D eigenvalue weighted by Gasteiger charge is 2.34. The second-order valence-electron chi connectivity index (χ2n) is 7.23. The van der Waals surface area contributed by atoms with Crippen molar-refractivity contribution >= 4 is 18.0 Å². The highest BCUT2D eigenvalue weighted by molar-refractivity contribution is 5.95. The molecule has 0 fully saturated rings. The lowest BCUT2D eigenvalue weighted by Gasteiger charge is -2.29. The first-order valence-electron chi connectivity index (χ1n) is 10.2. The highest BCUT2D eigenvalue weighted by atomic mass is 16.5. The molecule has 1 aliphatic rings. The highest BCUT2D eigenvalue weighted by Crippen LogP contribution is 2.28. The van der Waals surface area contributed by atoms with Gasteiger partial charge in [-0.1, -0.05) is 67.6 Å². The van der Waals surface area contributed by atoms with E-state index in [2.05, 4.69) is 10.6 Å². The number of hydrogen-bond acceptors (Lipinski definition) is 5. The number of hydrogen-bond donors (Lipinski definition) is 2. The van der Waals surface area contributed by atoms with E-state index in [1.54, 1.807) is 19.1 Å². The Kier molecular flexibility index (Phi) is 7.43. The fourth-order valence-corrected chi connectivity index (χ4v) is 3.44. The van der Waals surface area contributed by atoms with E-state index in [0.717, 1.165) is 11.1 Å². The summed E-state index contributed by atoms with van der Waals surface area (Å²) in [7, 11) is 0. The molecule has 3 rings (SSSR count). The van der Waals surface area contributed by atoms with E-state index >= 15 is 0 Å². The number of nitrogens with one attached hydrogen (secondary N) is 2. The van der Waals surface area contributed by atoms with Gasteiger partial charge in [0.05, 0.1) is 30.3 Å². The second-order valence-corrected chi connectivity index (χ2v) is 7.23. The number of amides is 2. The molecule has 7 nitrogen and oxygen atoms in total. The number of benzene rings is 2. The lowest BCUT2D eigenvalue weighted by Crippen LogP contribution is -2.47. The Morgan fingerprint density at radius 3 is 2.29 bits per heavy atom. The molecule has 2 aromatic carbocycles. The van der Waals surface area contributed by atoms with Crippen LogP contribution in [0.4, 0.5) is 4.79 Å². The molecule has 0 saturated heterocycles. The van der Waals surface area contributed by atoms with Crippen molar-refractivity contribution in [2.75, 3.05) is 13.2 Å². The van der Waals surface area contributed by atoms with Gasteiger partial charge in [0.25, 0.3) is 0 Å². The van der Waals surface area contributed by atoms with E-state index < -0.39 is 24.0 Å². The van der Waals surface area contributed by atoms with Gasteiger partial charge in [-0.15, -0.1) is 0 Å². The van der Waals surface area contributed by atoms with Gasteiger partial charge in [-0.05, 0) is 24.0 Å². The van der Waals surface area contributed by atoms with Gasteiger partial charge in [0.1, 0.15) is 6.61 Å². The molecular weight excluding hydrogens is 396 g/mol. The Morgan fingerprint density at radius 1 is 1.00 bits per heavy atom. The Balaban J connectivity index is 1.78. The van der Waals surface area contributed by atoms with Crippen LogP contribution in [0.5, 0.6) is 0 Å². The van der Waals surface area contributed by atoms with E-state index in [1.165, 1.54) is 0 Å². The maximum Gasteiger partial charge on any atom is 0.338 e. The average Bonchev–Trinajstić information content (AvgIpc) is 2.78. The SMILES string of the molecule is CCOC(=O)C1=C(COC(=O)C[C@H](C)c2ccccc2)NC(=O)N[C@@H]1c1ccccc1. The summed E-state index contributed by atoms with van der Waals surface area (Å²) in [6.45, 7) is 3.60. The molecule has 0 unspecified atom stereocenters. The predicted octanol–water partition coefficient (Wildman–Crippen LogP) is 3.59. The molecule has 2 aromatic rings. The van der Waals surface area contributed by atoms with Crippen molar-refractivity contribution in [2.24, 2.45) is 0 Å². The van der Waals surface area contributed by atoms with Crippen LogP contribution in [0.2, 0.25) is 0 Å². The molecule has 0 aromatic heterocycles. The Labute approximate surface area is 181 Å². The first-order valence-corrected chi connectivity index (χ1v) is 10.2. The van der Waals surface area contributed by atoms with Crippen LogP contribution in [-0.2, 0) is 19.1 Å². The van der Waals surface area contributed by atoms with Gasteiger partial charge < -0.3 is 20.1 Å². The van der Waals surface area contributed by atoms with Gasteiger partial charge in [0.15, 0.2) is 0 Å². The lowest BCUT2D eigenvalue weighted by molar-refractivity contribution is -0.144. The van der Waals surface area contributed by atoms with Crippen molar-refractivity contribution in [3.05, 3.63) is 83.1 Å². The van der Waals surface area contributed by atoms with Crippen LogP contribution in [-0.4, -0.2) is 31.2 Å². The van der Waals surface area contributed by atoms with E-state index in [0.29, 0.717) is 0 Å². The van der Waals surface area contributed by atoms with E-state index in [4.69, 9.17) is 9.47 Å². The minimum Gasteiger partial charge on any atom is -0.463 e. The van der Waals surface area contributed by atoms with Crippen LogP contribution in [0.25, 0.3) is 0 Å². The van der Waals surface area contributed by atoms with Crippen LogP contribution < -0.4 is 10.6 Å². The van der Waals surface area contributed by atoms with Crippen LogP contribution in [0.15, 0.2) is 71.9 Å². The summed E-state index contributed by atoms with van der Waals surface area (Å²) in [5.74, 6) is -1.02. The smallest absolute Gasteiger partial charge is 0.338 e. The van der Waals surface area contributed by atoms with Gasteiger partial charge in [-0.25, -0.2) is 9.59 Å². The average molecular weight is 422 g/mol. The largest absolute Gasteiger partial charge is 0.463 e. The Morgan fingerprint density at radius 2 is 1.65 bits per heavy atom. The molecule has 0 saturated carbocycles. The molecule has 7 heteroatoms. The molecule has 31 heavy (non-hydrogen) atoms. The summed E-state index contributed by atoms with van der Waals surface area (Å²) in [5, 5.41) is 5.34. The number of esters is 2. The third-order valence-electron chi connectivity index (χ3n) is 5.00. The normalized spacial score (nSPS) is 16.7. The number of rotatable bonds is 8. The summed E-state index contributed by atoms with van der Waals surface area (Å²) in [5.41, 5.74) is 2.19. The summed E-state index contributed by atoms with van der Waals surface area (Å²) in [6.07, 6.45) is 0.181. The monoisotopic (exact) mass is 422 g/mol. The molecule has 0 bridgehead atoms. The molecule has 0 spiro atoms. The molecule has 2 atom stereocenters. The summed E-state index contributed by atoms with van der Waals surface area (Å²) in [6, 6.07) is 17.6. The zero-order chi connectivity index (χ0) is 22.2. The maximum atomic E-state index is 12.7. The zero-order valence-electron chi connectivity index (χ0n) is 17.6. The van der Waals surface area contributed by atoms with Gasteiger partial charge >= 0.3 is 18.0 Å². The van der Waals surface area contributed by atoms with Gasteiger partial charge in [-0.3, -0.25) is 4.79 Å². The molecule has 2 amide bonds. The first kappa shape index (κ1) is 22.1. The van der Waals surface area contributed by atoms with Crippen molar-refractivity contribution in [3.8, 4) is 0 Å². The van der Waals surface area contributed by atoms with Crippen molar-refractivity contribution < 1.29 is 23.9 Å². The number of urea groups is 1. The quantitative estimate of drug-likeness (QED) is 0.634. The second kappa shape index (κ2) is 10.4. The third kappa shape index (κ3) is 5.72. The standard InChI is InChI=1S/C24H26N2O5/c1-3-30-23(28)21-19(25-24(29)26-22(21)18-12-8-5-9-13-18)15-31-20(27)14-16(2)17-10-6-4-7-11-17/h4-13,16,22H,3,14-15H2,1-2H3,(H2,25,26,29)/t16-,22+/m0/s1. The first-order chi connectivity index (χ1) is 15.0. The van der Waals surface area contributed by atoms with Crippen LogP contribution in [0.1, 0.15) is 43.4 Å². The van der Waals surface area contributed by atoms with Crippen molar-refractivity contribution in [2.45, 2.75) is 32.2 Å². The number of carbonyl (C=O) groups is 3. The zero-order valence-corrected chi connectivity index (χ0v) is 17.6. The van der Waals surface area contributed by atoms with Crippen molar-refractivity contribution in [1.82, 2.24) is 10.6 Å². The van der Waals surface area contributed by atoms with Crippen molar-refractivity contribution in [3.63, 3.8) is 0 Å². The van der Waals surface area contributed by atoms with E-state index in [1.807, 2.05) is 55.5 Å². The fraction of sp³-hybridized carbons (Fsp3) is 0.292. The van der Waals surface area contributed by atoms with Crippen LogP contribution in [0.3, 0.4) is 0 Å². The molecule has 162 valence electrons. The number of carbonyl (C=O) groups excluding carboxylic acids is 3. The number of ether oxygens (including phenoxy) is 2. The molecule has 2 N–H and O–H groups in total. The van der Waals surface area contributed by atoms with Crippen LogP contribution in [0, 0.1) is 0 Å². The van der Waals surface area contributed by atoms with E-state index in [9.17, 15) is 14.4 Å². The molecule has 1 heterocycles. The predicted molar refractivity (Wildman–Crippen MR) is 115 cm³/mol. The Bertz CT molecular complexity index is 956. The lowest BCUT2D eigenvalue weighted by atomic mass is 9.95. The topological polar surface area (TPSA) is 93.7 Å². The summed E-state index contributed by atoms with van der Waals surface area (Å²) >= 11 is 0. The minimum atomic E-state index is -0.703. The van der Waals surface area contributed by atoms with Gasteiger partial charge in [0.2, 0.25) is 0 Å². The summed E-state index contributed by atoms with van der Waals surface area (Å²) in [4.78, 5) is 37.4. The van der Waals surface area contributed by atoms with Gasteiger partial charge in [-0.2, -0.15) is 0 Å². The minimum absolute atomic E-state index is 0.0214. The summed E-state index contributed by atoms with van der Waals surface area (Å²) < 4.78 is 10.6. The fourth-order valence-electron chi connectivity index (χ4n) is 3.44. The van der Waals surface area contributed by atoms with Gasteiger partial charge in [0, 0.05) is 0 Å².